The fourth-order valence-electron chi connectivity index (χ4n) is 2.71. The Hall–Kier alpha value is -3.13. The molecule has 1 N–H and O–H groups in total. The molecule has 27 heavy (non-hydrogen) atoms. The van der Waals surface area contributed by atoms with E-state index in [9.17, 15) is 0 Å². The average molecular weight is 427 g/mol. The lowest BCUT2D eigenvalue weighted by Gasteiger charge is -2.09. The first-order valence-electron chi connectivity index (χ1n) is 8.05. The number of H-pyrrole nitrogens is 1. The lowest BCUT2D eigenvalue weighted by atomic mass is 10.1. The van der Waals surface area contributed by atoms with Crippen LogP contribution in [0.25, 0.3) is 34.1 Å². The van der Waals surface area contributed by atoms with Crippen LogP contribution in [-0.2, 0) is 0 Å². The molecule has 2 aromatic carbocycles. The van der Waals surface area contributed by atoms with Gasteiger partial charge in [0, 0.05) is 15.6 Å². The molecule has 0 spiro atoms. The van der Waals surface area contributed by atoms with Gasteiger partial charge in [0.15, 0.2) is 11.5 Å². The maximum absolute atomic E-state index is 5.47. The minimum atomic E-state index is 0.381. The van der Waals surface area contributed by atoms with Crippen LogP contribution >= 0.6 is 15.9 Å². The zero-order valence-electron chi connectivity index (χ0n) is 14.6. The number of hydrogen-bond acceptors (Lipinski definition) is 6. The Kier molecular flexibility index (Phi) is 4.64. The van der Waals surface area contributed by atoms with E-state index in [0.717, 1.165) is 21.3 Å². The van der Waals surface area contributed by atoms with Crippen molar-refractivity contribution in [3.63, 3.8) is 0 Å². The number of benzene rings is 2. The molecule has 0 radical (unpaired) electrons. The van der Waals surface area contributed by atoms with E-state index in [-0.39, 0.29) is 0 Å². The molecule has 0 aliphatic rings. The average Bonchev–Trinajstić information content (AvgIpc) is 3.37. The van der Waals surface area contributed by atoms with E-state index in [1.807, 2.05) is 42.5 Å². The van der Waals surface area contributed by atoms with Gasteiger partial charge in [0.25, 0.3) is 5.89 Å². The molecule has 0 aliphatic heterocycles. The number of aromatic amines is 1. The predicted molar refractivity (Wildman–Crippen MR) is 104 cm³/mol. The SMILES string of the molecule is COc1ccc(-c2[nH]ncc2-c2nc(-c3ccc(Br)cc3)no2)cc1OC. The van der Waals surface area contributed by atoms with Crippen molar-refractivity contribution >= 4 is 15.9 Å². The minimum absolute atomic E-state index is 0.381. The first-order chi connectivity index (χ1) is 13.2. The van der Waals surface area contributed by atoms with Crippen molar-refractivity contribution in [2.24, 2.45) is 0 Å². The van der Waals surface area contributed by atoms with Crippen molar-refractivity contribution in [3.8, 4) is 45.6 Å². The van der Waals surface area contributed by atoms with Crippen LogP contribution in [0.1, 0.15) is 0 Å². The normalized spacial score (nSPS) is 10.8. The van der Waals surface area contributed by atoms with Crippen LogP contribution in [0, 0.1) is 0 Å². The Morgan fingerprint density at radius 2 is 1.70 bits per heavy atom. The largest absolute Gasteiger partial charge is 0.493 e. The van der Waals surface area contributed by atoms with E-state index in [0.29, 0.717) is 28.8 Å². The van der Waals surface area contributed by atoms with Gasteiger partial charge in [0.2, 0.25) is 5.82 Å². The van der Waals surface area contributed by atoms with E-state index >= 15 is 0 Å². The fourth-order valence-corrected chi connectivity index (χ4v) is 2.97. The number of nitrogens with one attached hydrogen (secondary N) is 1. The van der Waals surface area contributed by atoms with E-state index in [1.165, 1.54) is 0 Å². The van der Waals surface area contributed by atoms with Crippen LogP contribution < -0.4 is 9.47 Å². The molecular formula is C19H15BrN4O3. The van der Waals surface area contributed by atoms with Crippen LogP contribution in [0.5, 0.6) is 11.5 Å². The number of nitrogens with zero attached hydrogens (tertiary/aromatic N) is 3. The first-order valence-corrected chi connectivity index (χ1v) is 8.84. The standard InChI is InChI=1S/C19H15BrN4O3/c1-25-15-8-5-12(9-16(15)26-2)17-14(10-21-23-17)19-22-18(24-27-19)11-3-6-13(20)7-4-11/h3-10H,1-2H3,(H,21,23). The van der Waals surface area contributed by atoms with Crippen LogP contribution in [0.3, 0.4) is 0 Å². The van der Waals surface area contributed by atoms with E-state index in [2.05, 4.69) is 36.3 Å². The Morgan fingerprint density at radius 1 is 0.963 bits per heavy atom. The highest BCUT2D eigenvalue weighted by Crippen LogP contribution is 2.35. The summed E-state index contributed by atoms with van der Waals surface area (Å²) in [5, 5.41) is 11.2. The quantitative estimate of drug-likeness (QED) is 0.502. The van der Waals surface area contributed by atoms with Crippen LogP contribution in [0.15, 0.2) is 57.7 Å². The monoisotopic (exact) mass is 426 g/mol. The highest BCUT2D eigenvalue weighted by Gasteiger charge is 2.18. The van der Waals surface area contributed by atoms with Crippen LogP contribution in [0.4, 0.5) is 0 Å². The summed E-state index contributed by atoms with van der Waals surface area (Å²) in [4.78, 5) is 4.51. The lowest BCUT2D eigenvalue weighted by molar-refractivity contribution is 0.355. The van der Waals surface area contributed by atoms with Gasteiger partial charge in [-0.15, -0.1) is 0 Å². The maximum atomic E-state index is 5.47. The molecule has 0 fully saturated rings. The summed E-state index contributed by atoms with van der Waals surface area (Å²) in [5.74, 6) is 2.16. The zero-order valence-corrected chi connectivity index (χ0v) is 16.1. The topological polar surface area (TPSA) is 86.1 Å². The molecule has 0 amide bonds. The van der Waals surface area contributed by atoms with E-state index < -0.39 is 0 Å². The Balaban J connectivity index is 1.72. The van der Waals surface area contributed by atoms with Crippen LogP contribution in [0.2, 0.25) is 0 Å². The first kappa shape index (κ1) is 17.3. The molecule has 0 saturated carbocycles. The van der Waals surface area contributed by atoms with Crippen molar-refractivity contribution in [2.75, 3.05) is 14.2 Å². The summed E-state index contributed by atoms with van der Waals surface area (Å²) in [5.41, 5.74) is 3.19. The number of ether oxygens (including phenoxy) is 2. The zero-order chi connectivity index (χ0) is 18.8. The van der Waals surface area contributed by atoms with Gasteiger partial charge >= 0.3 is 0 Å². The third-order valence-electron chi connectivity index (χ3n) is 4.07. The molecule has 8 heteroatoms. The summed E-state index contributed by atoms with van der Waals surface area (Å²) in [6.45, 7) is 0. The number of hydrogen-bond donors (Lipinski definition) is 1. The fraction of sp³-hybridized carbons (Fsp3) is 0.105. The Labute approximate surface area is 163 Å². The van der Waals surface area contributed by atoms with Crippen LogP contribution in [-0.4, -0.2) is 34.6 Å². The molecule has 2 heterocycles. The highest BCUT2D eigenvalue weighted by atomic mass is 79.9. The highest BCUT2D eigenvalue weighted by molar-refractivity contribution is 9.10. The van der Waals surface area contributed by atoms with Crippen molar-refractivity contribution in [2.45, 2.75) is 0 Å². The smallest absolute Gasteiger partial charge is 0.262 e. The third kappa shape index (κ3) is 3.31. The molecule has 0 atom stereocenters. The minimum Gasteiger partial charge on any atom is -0.493 e. The van der Waals surface area contributed by atoms with E-state index in [4.69, 9.17) is 14.0 Å². The summed E-state index contributed by atoms with van der Waals surface area (Å²) in [6, 6.07) is 13.3. The summed E-state index contributed by atoms with van der Waals surface area (Å²) >= 11 is 3.42. The van der Waals surface area contributed by atoms with Gasteiger partial charge in [0.1, 0.15) is 0 Å². The number of halogens is 1. The molecule has 4 rings (SSSR count). The van der Waals surface area contributed by atoms with Crippen molar-refractivity contribution in [1.82, 2.24) is 20.3 Å². The van der Waals surface area contributed by atoms with Crippen molar-refractivity contribution in [3.05, 3.63) is 53.1 Å². The van der Waals surface area contributed by atoms with Crippen molar-refractivity contribution < 1.29 is 14.0 Å². The van der Waals surface area contributed by atoms with Gasteiger partial charge < -0.3 is 14.0 Å². The summed E-state index contributed by atoms with van der Waals surface area (Å²) < 4.78 is 17.1. The molecule has 136 valence electrons. The van der Waals surface area contributed by atoms with Crippen molar-refractivity contribution in [1.29, 1.82) is 0 Å². The van der Waals surface area contributed by atoms with E-state index in [1.54, 1.807) is 20.4 Å². The van der Waals surface area contributed by atoms with Gasteiger partial charge in [-0.05, 0) is 42.5 Å². The second kappa shape index (κ2) is 7.24. The molecule has 4 aromatic rings. The maximum Gasteiger partial charge on any atom is 0.262 e. The van der Waals surface area contributed by atoms with Gasteiger partial charge in [-0.25, -0.2) is 0 Å². The molecule has 0 aliphatic carbocycles. The van der Waals surface area contributed by atoms with Gasteiger partial charge in [-0.3, -0.25) is 5.10 Å². The van der Waals surface area contributed by atoms with Gasteiger partial charge in [-0.1, -0.05) is 21.1 Å². The number of rotatable bonds is 5. The molecule has 2 aromatic heterocycles. The van der Waals surface area contributed by atoms with Gasteiger partial charge in [0.05, 0.1) is 31.7 Å². The molecule has 0 saturated heterocycles. The number of aromatic nitrogens is 4. The predicted octanol–water partition coefficient (Wildman–Crippen LogP) is 4.57. The Morgan fingerprint density at radius 3 is 2.44 bits per heavy atom. The molecular weight excluding hydrogens is 412 g/mol. The third-order valence-corrected chi connectivity index (χ3v) is 4.60. The second-order valence-corrected chi connectivity index (χ2v) is 6.57. The molecule has 7 nitrogen and oxygen atoms in total. The second-order valence-electron chi connectivity index (χ2n) is 5.66. The molecule has 0 bridgehead atoms. The van der Waals surface area contributed by atoms with Gasteiger partial charge in [-0.2, -0.15) is 10.1 Å². The molecule has 0 unspecified atom stereocenters. The number of methoxy groups -OCH3 is 2. The summed E-state index contributed by atoms with van der Waals surface area (Å²) in [7, 11) is 3.19. The summed E-state index contributed by atoms with van der Waals surface area (Å²) in [6.07, 6.45) is 1.66. The lowest BCUT2D eigenvalue weighted by Crippen LogP contribution is -1.91. The Bertz CT molecular complexity index is 1070.